The highest BCUT2D eigenvalue weighted by molar-refractivity contribution is 5.90. The standard InChI is InChI=1S/C18H18N2O2/c1-22-15-2-3-17-16(10-15)12(4-6-19-17)8-14-9-13-5-7-20(14)11-18(13)21/h2-4,6,8,10,13H,5,7,9,11H2,1H3. The summed E-state index contributed by atoms with van der Waals surface area (Å²) in [6.07, 6.45) is 5.92. The Kier molecular flexibility index (Phi) is 3.10. The predicted molar refractivity (Wildman–Crippen MR) is 85.6 cm³/mol. The molecule has 1 unspecified atom stereocenters. The van der Waals surface area contributed by atoms with E-state index in [9.17, 15) is 4.79 Å². The number of fused-ring (bicyclic) bond motifs is 4. The summed E-state index contributed by atoms with van der Waals surface area (Å²) < 4.78 is 5.33. The number of carbonyl (C=O) groups is 1. The predicted octanol–water partition coefficient (Wildman–Crippen LogP) is 2.88. The fourth-order valence-corrected chi connectivity index (χ4v) is 3.44. The Labute approximate surface area is 129 Å². The summed E-state index contributed by atoms with van der Waals surface area (Å²) in [5.41, 5.74) is 3.37. The highest BCUT2D eigenvalue weighted by Crippen LogP contribution is 2.34. The molecule has 0 N–H and O–H groups in total. The molecule has 4 heterocycles. The van der Waals surface area contributed by atoms with Crippen molar-refractivity contribution in [1.29, 1.82) is 0 Å². The van der Waals surface area contributed by atoms with E-state index in [1.54, 1.807) is 7.11 Å². The van der Waals surface area contributed by atoms with Crippen molar-refractivity contribution in [2.75, 3.05) is 20.2 Å². The van der Waals surface area contributed by atoms with E-state index in [0.717, 1.165) is 41.6 Å². The van der Waals surface area contributed by atoms with Gasteiger partial charge in [0.25, 0.3) is 0 Å². The fourth-order valence-electron chi connectivity index (χ4n) is 3.44. The molecule has 1 aromatic carbocycles. The Hall–Kier alpha value is -2.36. The number of benzene rings is 1. The van der Waals surface area contributed by atoms with Crippen LogP contribution in [0.5, 0.6) is 5.75 Å². The normalized spacial score (nSPS) is 22.6. The number of rotatable bonds is 2. The minimum absolute atomic E-state index is 0.221. The van der Waals surface area contributed by atoms with Crippen LogP contribution in [-0.4, -0.2) is 35.9 Å². The minimum Gasteiger partial charge on any atom is -0.497 e. The first-order valence-corrected chi connectivity index (χ1v) is 7.65. The van der Waals surface area contributed by atoms with Crippen LogP contribution in [0, 0.1) is 5.92 Å². The topological polar surface area (TPSA) is 42.4 Å². The zero-order chi connectivity index (χ0) is 15.1. The van der Waals surface area contributed by atoms with Crippen LogP contribution in [0.2, 0.25) is 0 Å². The second kappa shape index (κ2) is 5.13. The van der Waals surface area contributed by atoms with Crippen molar-refractivity contribution in [3.8, 4) is 5.75 Å². The van der Waals surface area contributed by atoms with E-state index in [2.05, 4.69) is 16.0 Å². The van der Waals surface area contributed by atoms with Gasteiger partial charge >= 0.3 is 0 Å². The summed E-state index contributed by atoms with van der Waals surface area (Å²) in [6, 6.07) is 7.96. The number of carbonyl (C=O) groups excluding carboxylic acids is 1. The molecular formula is C18H18N2O2. The third-order valence-electron chi connectivity index (χ3n) is 4.72. The van der Waals surface area contributed by atoms with Crippen molar-refractivity contribution >= 4 is 22.8 Å². The summed E-state index contributed by atoms with van der Waals surface area (Å²) in [7, 11) is 1.67. The van der Waals surface area contributed by atoms with Crippen LogP contribution in [0.4, 0.5) is 0 Å². The van der Waals surface area contributed by atoms with Crippen LogP contribution in [0.15, 0.2) is 36.2 Å². The van der Waals surface area contributed by atoms with Gasteiger partial charge in [0, 0.05) is 29.7 Å². The first kappa shape index (κ1) is 13.3. The molecule has 2 bridgehead atoms. The average Bonchev–Trinajstić information content (AvgIpc) is 2.56. The molecule has 0 spiro atoms. The lowest BCUT2D eigenvalue weighted by molar-refractivity contribution is -0.128. The van der Waals surface area contributed by atoms with Gasteiger partial charge in [-0.2, -0.15) is 0 Å². The second-order valence-electron chi connectivity index (χ2n) is 6.00. The van der Waals surface area contributed by atoms with Crippen molar-refractivity contribution in [3.63, 3.8) is 0 Å². The lowest BCUT2D eigenvalue weighted by Crippen LogP contribution is -2.46. The number of nitrogens with zero attached hydrogens (tertiary/aromatic N) is 2. The largest absolute Gasteiger partial charge is 0.497 e. The quantitative estimate of drug-likeness (QED) is 0.854. The number of ether oxygens (including phenoxy) is 1. The Morgan fingerprint density at radius 2 is 2.27 bits per heavy atom. The zero-order valence-corrected chi connectivity index (χ0v) is 12.6. The van der Waals surface area contributed by atoms with Crippen LogP contribution in [0.3, 0.4) is 0 Å². The second-order valence-corrected chi connectivity index (χ2v) is 6.00. The summed E-state index contributed by atoms with van der Waals surface area (Å²) in [5.74, 6) is 1.45. The van der Waals surface area contributed by atoms with Crippen LogP contribution in [0.25, 0.3) is 17.0 Å². The molecule has 0 radical (unpaired) electrons. The maximum Gasteiger partial charge on any atom is 0.155 e. The molecule has 0 amide bonds. The molecule has 1 atom stereocenters. The Morgan fingerprint density at radius 3 is 3.00 bits per heavy atom. The first-order chi connectivity index (χ1) is 10.7. The van der Waals surface area contributed by atoms with Crippen molar-refractivity contribution in [2.24, 2.45) is 5.92 Å². The number of pyridine rings is 1. The van der Waals surface area contributed by atoms with Crippen LogP contribution in [0.1, 0.15) is 18.4 Å². The van der Waals surface area contributed by atoms with Gasteiger partial charge in [-0.25, -0.2) is 0 Å². The maximum absolute atomic E-state index is 11.9. The fraction of sp³-hybridized carbons (Fsp3) is 0.333. The van der Waals surface area contributed by atoms with E-state index in [1.807, 2.05) is 30.5 Å². The molecule has 22 heavy (non-hydrogen) atoms. The highest BCUT2D eigenvalue weighted by Gasteiger charge is 2.35. The molecule has 4 nitrogen and oxygen atoms in total. The van der Waals surface area contributed by atoms with Crippen molar-refractivity contribution in [2.45, 2.75) is 12.8 Å². The molecule has 5 rings (SSSR count). The number of aromatic nitrogens is 1. The third-order valence-corrected chi connectivity index (χ3v) is 4.72. The number of ketones is 1. The smallest absolute Gasteiger partial charge is 0.155 e. The van der Waals surface area contributed by atoms with Gasteiger partial charge in [0.1, 0.15) is 5.75 Å². The molecule has 0 saturated carbocycles. The van der Waals surface area contributed by atoms with E-state index < -0.39 is 0 Å². The number of piperidine rings is 3. The van der Waals surface area contributed by atoms with Gasteiger partial charge in [-0.3, -0.25) is 9.78 Å². The van der Waals surface area contributed by atoms with E-state index >= 15 is 0 Å². The molecule has 3 saturated heterocycles. The van der Waals surface area contributed by atoms with Crippen molar-refractivity contribution in [1.82, 2.24) is 9.88 Å². The number of hydrogen-bond donors (Lipinski definition) is 0. The zero-order valence-electron chi connectivity index (χ0n) is 12.6. The average molecular weight is 294 g/mol. The van der Waals surface area contributed by atoms with Crippen LogP contribution in [-0.2, 0) is 4.79 Å². The molecule has 112 valence electrons. The molecule has 1 aromatic heterocycles. The van der Waals surface area contributed by atoms with Gasteiger partial charge in [-0.1, -0.05) is 0 Å². The van der Waals surface area contributed by atoms with Crippen LogP contribution < -0.4 is 4.74 Å². The molecular weight excluding hydrogens is 276 g/mol. The van der Waals surface area contributed by atoms with Crippen molar-refractivity contribution in [3.05, 3.63) is 41.7 Å². The molecule has 3 fully saturated rings. The van der Waals surface area contributed by atoms with E-state index in [-0.39, 0.29) is 5.92 Å². The number of hydrogen-bond acceptors (Lipinski definition) is 4. The number of methoxy groups -OCH3 is 1. The van der Waals surface area contributed by atoms with Gasteiger partial charge < -0.3 is 9.64 Å². The Balaban J connectivity index is 1.78. The molecule has 0 aliphatic carbocycles. The lowest BCUT2D eigenvalue weighted by atomic mass is 9.84. The van der Waals surface area contributed by atoms with E-state index in [1.165, 1.54) is 5.70 Å². The minimum atomic E-state index is 0.221. The summed E-state index contributed by atoms with van der Waals surface area (Å²) in [4.78, 5) is 18.5. The third kappa shape index (κ3) is 2.15. The maximum atomic E-state index is 11.9. The highest BCUT2D eigenvalue weighted by atomic mass is 16.5. The van der Waals surface area contributed by atoms with Gasteiger partial charge in [0.05, 0.1) is 19.2 Å². The summed E-state index contributed by atoms with van der Waals surface area (Å²) >= 11 is 0. The van der Waals surface area contributed by atoms with E-state index in [4.69, 9.17) is 4.74 Å². The Morgan fingerprint density at radius 1 is 1.36 bits per heavy atom. The number of allylic oxidation sites excluding steroid dienone is 1. The van der Waals surface area contributed by atoms with Gasteiger partial charge in [0.2, 0.25) is 0 Å². The molecule has 3 aliphatic heterocycles. The monoisotopic (exact) mass is 294 g/mol. The lowest BCUT2D eigenvalue weighted by Gasteiger charge is -2.41. The van der Waals surface area contributed by atoms with Gasteiger partial charge in [-0.05, 0) is 48.7 Å². The van der Waals surface area contributed by atoms with Crippen molar-refractivity contribution < 1.29 is 9.53 Å². The summed E-state index contributed by atoms with van der Waals surface area (Å²) in [6.45, 7) is 1.57. The molecule has 3 aliphatic rings. The SMILES string of the molecule is COc1ccc2nccc(C=C3CC4CCN3CC4=O)c2c1. The van der Waals surface area contributed by atoms with Gasteiger partial charge in [-0.15, -0.1) is 0 Å². The molecule has 4 heteroatoms. The first-order valence-electron chi connectivity index (χ1n) is 7.65. The van der Waals surface area contributed by atoms with Gasteiger partial charge in [0.15, 0.2) is 5.78 Å². The molecule has 2 aromatic rings. The number of Topliss-reactive ketones (excluding diaryl/α,β-unsaturated/α-hetero) is 1. The summed E-state index contributed by atoms with van der Waals surface area (Å²) in [5, 5.41) is 1.09. The van der Waals surface area contributed by atoms with E-state index in [0.29, 0.717) is 12.3 Å². The van der Waals surface area contributed by atoms with Crippen LogP contribution >= 0.6 is 0 Å². The Bertz CT molecular complexity index is 782.